The Bertz CT molecular complexity index is 435. The van der Waals surface area contributed by atoms with E-state index >= 15 is 0 Å². The summed E-state index contributed by atoms with van der Waals surface area (Å²) >= 11 is 0. The molecule has 0 amide bonds. The Morgan fingerprint density at radius 2 is 1.61 bits per heavy atom. The molecule has 0 heterocycles. The fraction of sp³-hybridized carbons (Fsp3) is 0.818. The molecule has 0 aromatic heterocycles. The van der Waals surface area contributed by atoms with Gasteiger partial charge in [0.05, 0.1) is 12.1 Å². The third-order valence-corrected chi connectivity index (χ3v) is 4.58. The molecule has 1 N–H and O–H groups in total. The average molecular weight is 423 g/mol. The number of esters is 1. The van der Waals surface area contributed by atoms with Gasteiger partial charge >= 0.3 is 57.4 Å². The van der Waals surface area contributed by atoms with Gasteiger partial charge in [-0.1, -0.05) is 64.0 Å². The van der Waals surface area contributed by atoms with Crippen molar-refractivity contribution in [3.63, 3.8) is 0 Å². The number of hydrogen-bond acceptors (Lipinski definition) is 5. The van der Waals surface area contributed by atoms with Gasteiger partial charge in [-0.05, 0) is 46.0 Å². The second-order valence-electron chi connectivity index (χ2n) is 7.79. The van der Waals surface area contributed by atoms with Gasteiger partial charge in [-0.2, -0.15) is 0 Å². The molecule has 0 radical (unpaired) electrons. The first-order chi connectivity index (χ1) is 12.8. The van der Waals surface area contributed by atoms with Crippen molar-refractivity contribution in [2.24, 2.45) is 0 Å². The van der Waals surface area contributed by atoms with Gasteiger partial charge in [0, 0.05) is 6.42 Å². The monoisotopic (exact) mass is 422 g/mol. The maximum atomic E-state index is 11.6. The molecule has 0 unspecified atom stereocenters. The molecule has 28 heavy (non-hydrogen) atoms. The molecule has 6 heteroatoms. The molecule has 0 saturated carbocycles. The fourth-order valence-electron chi connectivity index (χ4n) is 2.73. The zero-order valence-corrected chi connectivity index (χ0v) is 21.6. The Morgan fingerprint density at radius 3 is 2.25 bits per heavy atom. The third-order valence-electron chi connectivity index (χ3n) is 4.58. The van der Waals surface area contributed by atoms with Crippen molar-refractivity contribution in [2.75, 3.05) is 0 Å². The number of carbonyl (C=O) groups is 2. The van der Waals surface area contributed by atoms with Crippen LogP contribution in [0.5, 0.6) is 0 Å². The first-order valence-electron chi connectivity index (χ1n) is 10.6. The van der Waals surface area contributed by atoms with Crippen LogP contribution in [0.3, 0.4) is 0 Å². The SMILES string of the molecule is CCCCCC[C@@H](O)C/C=C\CCCCCCCC(=O)OC(C)(C)C(=O)[O-].[K+]. The van der Waals surface area contributed by atoms with E-state index in [1.807, 2.05) is 0 Å². The van der Waals surface area contributed by atoms with Crippen molar-refractivity contribution in [3.8, 4) is 0 Å². The van der Waals surface area contributed by atoms with Crippen LogP contribution in [0, 0.1) is 0 Å². The van der Waals surface area contributed by atoms with Crippen molar-refractivity contribution >= 4 is 11.9 Å². The molecule has 5 nitrogen and oxygen atoms in total. The third kappa shape index (κ3) is 18.3. The van der Waals surface area contributed by atoms with Gasteiger partial charge in [0.2, 0.25) is 0 Å². The topological polar surface area (TPSA) is 86.7 Å². The van der Waals surface area contributed by atoms with Crippen LogP contribution < -0.4 is 56.5 Å². The van der Waals surface area contributed by atoms with Crippen LogP contribution in [0.2, 0.25) is 0 Å². The second-order valence-corrected chi connectivity index (χ2v) is 7.79. The maximum absolute atomic E-state index is 11.6. The summed E-state index contributed by atoms with van der Waals surface area (Å²) in [6.07, 6.45) is 16.6. The summed E-state index contributed by atoms with van der Waals surface area (Å²) in [7, 11) is 0. The Morgan fingerprint density at radius 1 is 1.00 bits per heavy atom. The Balaban J connectivity index is 0. The van der Waals surface area contributed by atoms with Crippen LogP contribution in [0.1, 0.15) is 104 Å². The molecular formula is C22H39KO5. The molecule has 0 aliphatic carbocycles. The molecule has 0 fully saturated rings. The number of carboxylic acids is 1. The van der Waals surface area contributed by atoms with Crippen LogP contribution in [-0.2, 0) is 14.3 Å². The smallest absolute Gasteiger partial charge is 0.546 e. The van der Waals surface area contributed by atoms with Crippen LogP contribution in [0.4, 0.5) is 0 Å². The number of carboxylic acid groups (broad SMARTS) is 1. The number of hydrogen-bond donors (Lipinski definition) is 1. The van der Waals surface area contributed by atoms with Gasteiger partial charge in [-0.25, -0.2) is 0 Å². The molecule has 0 bridgehead atoms. The normalized spacial score (nSPS) is 12.6. The maximum Gasteiger partial charge on any atom is 1.00 e. The predicted octanol–water partition coefficient (Wildman–Crippen LogP) is 1.07. The molecule has 0 aromatic rings. The van der Waals surface area contributed by atoms with E-state index in [4.69, 9.17) is 4.74 Å². The fourth-order valence-corrected chi connectivity index (χ4v) is 2.73. The van der Waals surface area contributed by atoms with Crippen molar-refractivity contribution in [3.05, 3.63) is 12.2 Å². The van der Waals surface area contributed by atoms with E-state index in [2.05, 4.69) is 19.1 Å². The Hall–Kier alpha value is 0.276. The number of aliphatic hydroxyl groups excluding tert-OH is 1. The Kier molecular flexibility index (Phi) is 21.0. The summed E-state index contributed by atoms with van der Waals surface area (Å²) in [6, 6.07) is 0. The molecule has 1 atom stereocenters. The van der Waals surface area contributed by atoms with E-state index in [9.17, 15) is 19.8 Å². The van der Waals surface area contributed by atoms with Crippen molar-refractivity contribution in [1.29, 1.82) is 0 Å². The summed E-state index contributed by atoms with van der Waals surface area (Å²) < 4.78 is 4.90. The van der Waals surface area contributed by atoms with Crippen LogP contribution in [0.25, 0.3) is 0 Å². The second kappa shape index (κ2) is 19.3. The van der Waals surface area contributed by atoms with Crippen molar-refractivity contribution in [1.82, 2.24) is 0 Å². The summed E-state index contributed by atoms with van der Waals surface area (Å²) in [4.78, 5) is 22.4. The average Bonchev–Trinajstić information content (AvgIpc) is 2.59. The van der Waals surface area contributed by atoms with Crippen LogP contribution >= 0.6 is 0 Å². The van der Waals surface area contributed by atoms with Gasteiger partial charge in [-0.15, -0.1) is 0 Å². The van der Waals surface area contributed by atoms with E-state index in [1.165, 1.54) is 33.1 Å². The summed E-state index contributed by atoms with van der Waals surface area (Å²) in [5, 5.41) is 20.6. The molecular weight excluding hydrogens is 383 g/mol. The standard InChI is InChI=1S/C22H40O5.K/c1-4-5-6-13-16-19(23)17-14-11-9-7-8-10-12-15-18-20(24)27-22(2,3)21(25)26;/h11,14,19,23H,4-10,12-13,15-18H2,1-3H3,(H,25,26);/q;+1/p-1/b14-11-;/t19-;/m1./s1. The van der Waals surface area contributed by atoms with E-state index in [1.54, 1.807) is 0 Å². The zero-order chi connectivity index (χ0) is 20.5. The molecule has 0 aliphatic rings. The minimum absolute atomic E-state index is 0. The molecule has 0 rings (SSSR count). The predicted molar refractivity (Wildman–Crippen MR) is 106 cm³/mol. The number of ether oxygens (including phenoxy) is 1. The van der Waals surface area contributed by atoms with E-state index in [0.29, 0.717) is 6.42 Å². The van der Waals surface area contributed by atoms with E-state index < -0.39 is 17.5 Å². The van der Waals surface area contributed by atoms with Crippen molar-refractivity contribution in [2.45, 2.75) is 116 Å². The molecule has 0 spiro atoms. The summed E-state index contributed by atoms with van der Waals surface area (Å²) in [5.74, 6) is -1.87. The van der Waals surface area contributed by atoms with E-state index in [0.717, 1.165) is 51.4 Å². The molecule has 158 valence electrons. The largest absolute Gasteiger partial charge is 1.00 e. The minimum atomic E-state index is -1.56. The molecule has 0 saturated heterocycles. The molecule has 0 aliphatic heterocycles. The number of carbonyl (C=O) groups excluding carboxylic acids is 2. The van der Waals surface area contributed by atoms with Gasteiger partial charge in [0.1, 0.15) is 5.60 Å². The first kappa shape index (κ1) is 30.5. The minimum Gasteiger partial charge on any atom is -0.546 e. The number of allylic oxidation sites excluding steroid dienone is 1. The van der Waals surface area contributed by atoms with Gasteiger partial charge in [-0.3, -0.25) is 4.79 Å². The summed E-state index contributed by atoms with van der Waals surface area (Å²) in [5.41, 5.74) is -1.56. The first-order valence-corrected chi connectivity index (χ1v) is 10.6. The Labute approximate surface area is 214 Å². The van der Waals surface area contributed by atoms with Crippen LogP contribution in [-0.4, -0.2) is 28.8 Å². The van der Waals surface area contributed by atoms with E-state index in [-0.39, 0.29) is 63.9 Å². The number of aliphatic carboxylic acids is 1. The van der Waals surface area contributed by atoms with Crippen molar-refractivity contribution < 1.29 is 75.9 Å². The quantitative estimate of drug-likeness (QED) is 0.164. The van der Waals surface area contributed by atoms with Gasteiger partial charge < -0.3 is 19.7 Å². The molecule has 0 aromatic carbocycles. The van der Waals surface area contributed by atoms with Gasteiger partial charge in [0.15, 0.2) is 0 Å². The van der Waals surface area contributed by atoms with Crippen LogP contribution in [0.15, 0.2) is 12.2 Å². The number of aliphatic hydroxyl groups is 1. The summed E-state index contributed by atoms with van der Waals surface area (Å²) in [6.45, 7) is 4.83. The zero-order valence-electron chi connectivity index (χ0n) is 18.5. The number of rotatable bonds is 17. The number of unbranched alkanes of at least 4 members (excludes halogenated alkanes) is 8. The van der Waals surface area contributed by atoms with Gasteiger partial charge in [0.25, 0.3) is 0 Å².